The Morgan fingerprint density at radius 2 is 1.66 bits per heavy atom. The number of carbonyl (C=O) groups excluding carboxylic acids is 3. The molecule has 0 aromatic heterocycles. The van der Waals surface area contributed by atoms with Gasteiger partial charge in [-0.1, -0.05) is 80.3 Å². The van der Waals surface area contributed by atoms with Crippen molar-refractivity contribution in [1.29, 1.82) is 0 Å². The number of aryl methyl sites for hydroxylation is 2. The van der Waals surface area contributed by atoms with Crippen LogP contribution >= 0.6 is 11.8 Å². The molecule has 0 heterocycles. The minimum atomic E-state index is -0.896. The van der Waals surface area contributed by atoms with E-state index in [0.717, 1.165) is 53.1 Å². The Morgan fingerprint density at radius 1 is 0.932 bits per heavy atom. The molecule has 0 saturated carbocycles. The van der Waals surface area contributed by atoms with Crippen LogP contribution in [-0.2, 0) is 14.3 Å². The number of hydrogen-bond donors (Lipinski definition) is 2. The lowest BCUT2D eigenvalue weighted by atomic mass is 9.95. The molecule has 0 aliphatic heterocycles. The fourth-order valence-electron chi connectivity index (χ4n) is 5.20. The molecule has 0 spiro atoms. The molecular weight excluding hydrogens is 570 g/mol. The number of nitrogens with zero attached hydrogens (tertiary/aromatic N) is 1. The number of anilines is 1. The number of unbranched alkanes of at least 4 members (excludes halogenated alkanes) is 3. The van der Waals surface area contributed by atoms with Gasteiger partial charge in [0.05, 0.1) is 0 Å². The number of alkyl carbamates (subject to hydrolysis) is 1. The summed E-state index contributed by atoms with van der Waals surface area (Å²) in [6, 6.07) is 18.1. The zero-order valence-electron chi connectivity index (χ0n) is 27.4. The first-order valence-corrected chi connectivity index (χ1v) is 17.0. The quantitative estimate of drug-likeness (QED) is 0.178. The summed E-state index contributed by atoms with van der Waals surface area (Å²) in [5.41, 5.74) is 2.64. The lowest BCUT2D eigenvalue weighted by Crippen LogP contribution is -2.53. The van der Waals surface area contributed by atoms with Gasteiger partial charge in [0.2, 0.25) is 5.91 Å². The number of ether oxygens (including phenoxy) is 1. The summed E-state index contributed by atoms with van der Waals surface area (Å²) in [6.07, 6.45) is 5.49. The van der Waals surface area contributed by atoms with E-state index in [1.807, 2.05) is 80.8 Å². The molecule has 3 rings (SSSR count). The zero-order chi connectivity index (χ0) is 32.3. The second kappa shape index (κ2) is 16.5. The number of rotatable bonds is 14. The van der Waals surface area contributed by atoms with Crippen molar-refractivity contribution in [2.45, 2.75) is 91.3 Å². The highest BCUT2D eigenvalue weighted by Gasteiger charge is 2.36. The zero-order valence-corrected chi connectivity index (χ0v) is 28.2. The summed E-state index contributed by atoms with van der Waals surface area (Å²) in [6.45, 7) is 11.8. The summed E-state index contributed by atoms with van der Waals surface area (Å²) in [4.78, 5) is 43.5. The Morgan fingerprint density at radius 3 is 2.34 bits per heavy atom. The van der Waals surface area contributed by atoms with Crippen molar-refractivity contribution in [3.05, 3.63) is 77.4 Å². The third-order valence-electron chi connectivity index (χ3n) is 7.44. The number of thioether (sulfide) groups is 1. The van der Waals surface area contributed by atoms with Crippen LogP contribution in [0.1, 0.15) is 82.5 Å². The molecule has 44 heavy (non-hydrogen) atoms. The van der Waals surface area contributed by atoms with Gasteiger partial charge in [0.15, 0.2) is 0 Å². The maximum absolute atomic E-state index is 14.5. The van der Waals surface area contributed by atoms with E-state index in [4.69, 9.17) is 4.74 Å². The van der Waals surface area contributed by atoms with Gasteiger partial charge in [-0.2, -0.15) is 11.8 Å². The van der Waals surface area contributed by atoms with Crippen molar-refractivity contribution in [2.75, 3.05) is 23.9 Å². The summed E-state index contributed by atoms with van der Waals surface area (Å²) >= 11 is 1.60. The first-order valence-electron chi connectivity index (χ1n) is 15.6. The molecule has 7 nitrogen and oxygen atoms in total. The molecule has 2 unspecified atom stereocenters. The minimum absolute atomic E-state index is 0.291. The van der Waals surface area contributed by atoms with Gasteiger partial charge < -0.3 is 20.3 Å². The third-order valence-corrected chi connectivity index (χ3v) is 8.09. The van der Waals surface area contributed by atoms with E-state index < -0.39 is 23.8 Å². The summed E-state index contributed by atoms with van der Waals surface area (Å²) < 4.78 is 5.53. The number of hydrogen-bond acceptors (Lipinski definition) is 5. The van der Waals surface area contributed by atoms with Gasteiger partial charge in [0.25, 0.3) is 5.91 Å². The fraction of sp³-hybridized carbons (Fsp3) is 0.472. The van der Waals surface area contributed by atoms with Gasteiger partial charge >= 0.3 is 6.09 Å². The third kappa shape index (κ3) is 10.3. The Labute approximate surface area is 267 Å². The summed E-state index contributed by atoms with van der Waals surface area (Å²) in [7, 11) is 0. The topological polar surface area (TPSA) is 87.7 Å². The smallest absolute Gasteiger partial charge is 0.408 e. The monoisotopic (exact) mass is 619 g/mol. The molecule has 3 aromatic carbocycles. The van der Waals surface area contributed by atoms with Crippen molar-refractivity contribution >= 4 is 46.1 Å². The second-order valence-electron chi connectivity index (χ2n) is 12.4. The van der Waals surface area contributed by atoms with Crippen molar-refractivity contribution in [2.24, 2.45) is 0 Å². The normalized spacial score (nSPS) is 12.8. The molecule has 0 aliphatic carbocycles. The molecule has 0 bridgehead atoms. The number of fused-ring (bicyclic) bond motifs is 1. The number of benzene rings is 3. The van der Waals surface area contributed by atoms with E-state index in [1.165, 1.54) is 0 Å². The standard InChI is InChI=1S/C36H49N3O4S/c1-8-9-10-13-21-39(34(41)31(20-22-44-7)38-35(42)43-36(4,5)6)32(30-23-25(2)16-17-26(30)3)33(40)37-29-19-18-27-14-11-12-15-28(27)24-29/h11-12,14-19,23-24,31-32H,8-10,13,20-22H2,1-7H3,(H,37,40)(H,38,42). The lowest BCUT2D eigenvalue weighted by Gasteiger charge is -2.35. The number of nitrogens with one attached hydrogen (secondary N) is 2. The highest BCUT2D eigenvalue weighted by Crippen LogP contribution is 2.30. The Bertz CT molecular complexity index is 1420. The van der Waals surface area contributed by atoms with Crippen molar-refractivity contribution in [3.8, 4) is 0 Å². The van der Waals surface area contributed by atoms with E-state index in [0.29, 0.717) is 24.4 Å². The maximum atomic E-state index is 14.5. The molecule has 2 atom stereocenters. The summed E-state index contributed by atoms with van der Waals surface area (Å²) in [5, 5.41) is 8.05. The van der Waals surface area contributed by atoms with Gasteiger partial charge in [-0.25, -0.2) is 4.79 Å². The number of amides is 3. The average Bonchev–Trinajstić information content (AvgIpc) is 2.97. The number of carbonyl (C=O) groups is 3. The van der Waals surface area contributed by atoms with Crippen molar-refractivity contribution < 1.29 is 19.1 Å². The highest BCUT2D eigenvalue weighted by molar-refractivity contribution is 7.98. The van der Waals surface area contributed by atoms with Gasteiger partial charge in [-0.15, -0.1) is 0 Å². The van der Waals surface area contributed by atoms with Crippen LogP contribution in [0.2, 0.25) is 0 Å². The molecule has 3 aromatic rings. The van der Waals surface area contributed by atoms with Crippen molar-refractivity contribution in [1.82, 2.24) is 10.2 Å². The van der Waals surface area contributed by atoms with E-state index in [1.54, 1.807) is 37.4 Å². The largest absolute Gasteiger partial charge is 0.444 e. The first-order chi connectivity index (χ1) is 20.9. The Balaban J connectivity index is 2.06. The van der Waals surface area contributed by atoms with E-state index >= 15 is 0 Å². The van der Waals surface area contributed by atoms with E-state index in [9.17, 15) is 14.4 Å². The van der Waals surface area contributed by atoms with Crippen LogP contribution in [-0.4, -0.2) is 53.0 Å². The summed E-state index contributed by atoms with van der Waals surface area (Å²) in [5.74, 6) is 0.0764. The molecule has 2 N–H and O–H groups in total. The first kappa shape index (κ1) is 35.0. The molecule has 0 fully saturated rings. The second-order valence-corrected chi connectivity index (χ2v) is 13.4. The van der Waals surface area contributed by atoms with Crippen LogP contribution in [0.15, 0.2) is 60.7 Å². The molecule has 0 aliphatic rings. The SMILES string of the molecule is CCCCCCN(C(=O)C(CCSC)NC(=O)OC(C)(C)C)C(C(=O)Nc1ccc2ccccc2c1)c1cc(C)ccc1C. The van der Waals surface area contributed by atoms with Crippen LogP contribution < -0.4 is 10.6 Å². The van der Waals surface area contributed by atoms with E-state index in [2.05, 4.69) is 17.6 Å². The van der Waals surface area contributed by atoms with Crippen LogP contribution in [0.4, 0.5) is 10.5 Å². The maximum Gasteiger partial charge on any atom is 0.408 e. The fourth-order valence-corrected chi connectivity index (χ4v) is 5.67. The van der Waals surface area contributed by atoms with Crippen LogP contribution in [0, 0.1) is 13.8 Å². The predicted octanol–water partition coefficient (Wildman–Crippen LogP) is 8.19. The van der Waals surface area contributed by atoms with Crippen molar-refractivity contribution in [3.63, 3.8) is 0 Å². The van der Waals surface area contributed by atoms with Gasteiger partial charge in [-0.3, -0.25) is 9.59 Å². The molecule has 238 valence electrons. The van der Waals surface area contributed by atoms with Crippen LogP contribution in [0.5, 0.6) is 0 Å². The molecule has 8 heteroatoms. The van der Waals surface area contributed by atoms with E-state index in [-0.39, 0.29) is 11.8 Å². The Kier molecular flexibility index (Phi) is 13.1. The molecular formula is C36H49N3O4S. The Hall–Kier alpha value is -3.52. The van der Waals surface area contributed by atoms with Gasteiger partial charge in [-0.05, 0) is 93.5 Å². The average molecular weight is 620 g/mol. The highest BCUT2D eigenvalue weighted by atomic mass is 32.2. The van der Waals surface area contributed by atoms with Gasteiger partial charge in [0, 0.05) is 12.2 Å². The van der Waals surface area contributed by atoms with Crippen LogP contribution in [0.3, 0.4) is 0 Å². The molecule has 3 amide bonds. The predicted molar refractivity (Wildman–Crippen MR) is 183 cm³/mol. The molecule has 0 saturated heterocycles. The lowest BCUT2D eigenvalue weighted by molar-refractivity contribution is -0.141. The molecule has 0 radical (unpaired) electrons. The minimum Gasteiger partial charge on any atom is -0.444 e. The van der Waals surface area contributed by atoms with Gasteiger partial charge in [0.1, 0.15) is 17.7 Å². The van der Waals surface area contributed by atoms with Crippen LogP contribution in [0.25, 0.3) is 10.8 Å².